The highest BCUT2D eigenvalue weighted by Crippen LogP contribution is 2.51. The maximum atomic E-state index is 14.8. The van der Waals surface area contributed by atoms with E-state index in [0.717, 1.165) is 38.3 Å². The summed E-state index contributed by atoms with van der Waals surface area (Å²) in [5.74, 6) is -3.40. The predicted octanol–water partition coefficient (Wildman–Crippen LogP) is 7.38. The van der Waals surface area contributed by atoms with Gasteiger partial charge in [0.25, 0.3) is 11.7 Å². The number of phenolic OH excluding ortho intramolecular Hbond substituents is 2. The zero-order chi connectivity index (χ0) is 47.8. The van der Waals surface area contributed by atoms with Gasteiger partial charge >= 0.3 is 5.79 Å². The van der Waals surface area contributed by atoms with Crippen LogP contribution in [0.2, 0.25) is 0 Å². The summed E-state index contributed by atoms with van der Waals surface area (Å²) in [6, 6.07) is 6.54. The number of carbonyl (C=O) groups is 2. The molecule has 4 N–H and O–H groups in total. The number of Topliss-reactive ketones (excluding diaryl/α,β-unsaturated/α-hetero) is 1. The number of hydrogen-bond donors (Lipinski definition) is 4. The predicted molar refractivity (Wildman–Crippen MR) is 255 cm³/mol. The van der Waals surface area contributed by atoms with Crippen molar-refractivity contribution < 1.29 is 43.6 Å². The lowest BCUT2D eigenvalue weighted by atomic mass is 9.89. The van der Waals surface area contributed by atoms with Crippen LogP contribution in [0.5, 0.6) is 17.2 Å². The van der Waals surface area contributed by atoms with Gasteiger partial charge in [-0.1, -0.05) is 45.9 Å². The molecule has 0 aromatic heterocycles. The first kappa shape index (κ1) is 48.1. The Morgan fingerprint density at radius 1 is 0.970 bits per heavy atom. The van der Waals surface area contributed by atoms with Crippen LogP contribution in [0.1, 0.15) is 102 Å². The van der Waals surface area contributed by atoms with Gasteiger partial charge in [0.15, 0.2) is 5.75 Å². The largest absolute Gasteiger partial charge is 0.507 e. The number of anilines is 2. The number of halogens is 1. The van der Waals surface area contributed by atoms with Crippen molar-refractivity contribution in [1.82, 2.24) is 9.96 Å². The minimum atomic E-state index is -1.83. The summed E-state index contributed by atoms with van der Waals surface area (Å²) >= 11 is 0. The molecule has 5 atom stereocenters. The number of amides is 1. The Kier molecular flexibility index (Phi) is 14.2. The highest BCUT2D eigenvalue weighted by molar-refractivity contribution is 6.21. The Balaban J connectivity index is 1.13. The van der Waals surface area contributed by atoms with Gasteiger partial charge in [0, 0.05) is 94.2 Å². The summed E-state index contributed by atoms with van der Waals surface area (Å²) in [4.78, 5) is 49.6. The molecule has 360 valence electrons. The van der Waals surface area contributed by atoms with E-state index in [0.29, 0.717) is 75.3 Å². The fourth-order valence-corrected chi connectivity index (χ4v) is 10.2. The zero-order valence-electron chi connectivity index (χ0n) is 40.0. The SMILES string of the molecule is C/C1=C/C=C/C(C)C[C@@H](C)C(O)C[C@H](ON2CCCN(c3ccc(F)cc3)CC2)CC/C=C/OC2(C)Oc3c(C)c(O)c4c(O)c(c5c(c4c3C2=O)NC2(CCN(CC(C)C)CC2)N=5)=NC1=O. The first-order valence-corrected chi connectivity index (χ1v) is 24.1. The third-order valence-electron chi connectivity index (χ3n) is 14.0. The minimum Gasteiger partial charge on any atom is -0.507 e. The summed E-state index contributed by atoms with van der Waals surface area (Å²) in [5, 5.41) is 41.6. The van der Waals surface area contributed by atoms with Crippen LogP contribution in [-0.2, 0) is 14.4 Å². The molecule has 9 rings (SSSR count). The maximum absolute atomic E-state index is 14.8. The number of piperidine rings is 1. The van der Waals surface area contributed by atoms with Crippen molar-refractivity contribution in [2.75, 3.05) is 56.0 Å². The van der Waals surface area contributed by atoms with E-state index >= 15 is 0 Å². The van der Waals surface area contributed by atoms with Crippen molar-refractivity contribution in [3.63, 3.8) is 0 Å². The number of ketones is 1. The second-order valence-corrected chi connectivity index (χ2v) is 19.9. The summed E-state index contributed by atoms with van der Waals surface area (Å²) in [6.07, 6.45) is 11.9. The molecule has 67 heavy (non-hydrogen) atoms. The van der Waals surface area contributed by atoms with Crippen LogP contribution in [0.4, 0.5) is 15.8 Å². The van der Waals surface area contributed by atoms with E-state index in [1.54, 1.807) is 32.1 Å². The number of benzene rings is 3. The molecule has 15 heteroatoms. The van der Waals surface area contributed by atoms with Gasteiger partial charge in [-0.25, -0.2) is 9.38 Å². The molecule has 2 saturated heterocycles. The van der Waals surface area contributed by atoms with Crippen LogP contribution in [0.3, 0.4) is 0 Å². The van der Waals surface area contributed by atoms with Crippen molar-refractivity contribution >= 4 is 33.8 Å². The first-order chi connectivity index (χ1) is 32.0. The van der Waals surface area contributed by atoms with Crippen molar-refractivity contribution in [1.29, 1.82) is 0 Å². The standard InChI is InChI=1S/C52H67FN6O8/c1-31(2)30-57-23-19-52(20-24-57)55-43-40-41-46(61)35(6)48-42(40)49(63)51(7,66-48)65-27-9-8-14-38(67-59-22-11-21-58(25-26-59)37-17-15-36(53)16-18-37)29-39(60)34(5)28-32(3)12-10-13-33(4)50(64)54-45(47(41)62)44(43)56-52/h9-10,12-13,15-18,27,31-32,34,38-39,55,60-62H,8,11,14,19-26,28-30H2,1-7H3/b12-10+,27-9+,33-13-,54-45?/t32?,34-,38-,39?,51?/m1/s1. The summed E-state index contributed by atoms with van der Waals surface area (Å²) < 4.78 is 26.2. The number of hydroxylamine groups is 2. The number of nitrogens with one attached hydrogen (secondary N) is 1. The van der Waals surface area contributed by atoms with Gasteiger partial charge < -0.3 is 39.9 Å². The number of allylic oxidation sites excluding steroid dienone is 4. The van der Waals surface area contributed by atoms with Crippen molar-refractivity contribution in [3.8, 4) is 17.2 Å². The Morgan fingerprint density at radius 3 is 2.45 bits per heavy atom. The quantitative estimate of drug-likeness (QED) is 0.188. The highest BCUT2D eigenvalue weighted by atomic mass is 19.1. The second kappa shape index (κ2) is 19.7. The van der Waals surface area contributed by atoms with E-state index in [-0.39, 0.29) is 67.9 Å². The molecule has 0 aliphatic carbocycles. The number of aromatic hydroxyl groups is 2. The third-order valence-corrected chi connectivity index (χ3v) is 14.0. The lowest BCUT2D eigenvalue weighted by Crippen LogP contribution is -2.47. The molecule has 0 radical (unpaired) electrons. The molecular weight excluding hydrogens is 856 g/mol. The van der Waals surface area contributed by atoms with Gasteiger partial charge in [-0.2, -0.15) is 5.06 Å². The molecule has 1 spiro atoms. The molecule has 1 amide bonds. The number of fused-ring (bicyclic) bond motifs is 13. The Hall–Kier alpha value is -5.35. The molecule has 6 aliphatic heterocycles. The van der Waals surface area contributed by atoms with E-state index < -0.39 is 35.0 Å². The van der Waals surface area contributed by atoms with Crippen LogP contribution < -0.4 is 25.7 Å². The summed E-state index contributed by atoms with van der Waals surface area (Å²) in [6.45, 7) is 18.5. The minimum absolute atomic E-state index is 0.0324. The fraction of sp³-hybridized carbons (Fsp3) is 0.538. The Bertz CT molecular complexity index is 2590. The van der Waals surface area contributed by atoms with E-state index in [2.05, 4.69) is 40.9 Å². The van der Waals surface area contributed by atoms with Crippen molar-refractivity contribution in [2.24, 2.45) is 27.7 Å². The molecular formula is C52H67FN6O8. The summed E-state index contributed by atoms with van der Waals surface area (Å²) in [5.41, 5.74) is 1.20. The average molecular weight is 923 g/mol. The van der Waals surface area contributed by atoms with Crippen LogP contribution in [0.25, 0.3) is 10.8 Å². The van der Waals surface area contributed by atoms with Gasteiger partial charge in [0.2, 0.25) is 0 Å². The number of nitrogens with zero attached hydrogens (tertiary/aromatic N) is 5. The molecule has 0 saturated carbocycles. The number of phenols is 2. The molecule has 2 fully saturated rings. The van der Waals surface area contributed by atoms with Crippen LogP contribution in [-0.4, -0.2) is 106 Å². The molecule has 3 unspecified atom stereocenters. The number of hydrogen-bond acceptors (Lipinski definition) is 13. The van der Waals surface area contributed by atoms with Gasteiger partial charge in [-0.15, -0.1) is 0 Å². The maximum Gasteiger partial charge on any atom is 0.312 e. The Morgan fingerprint density at radius 2 is 1.72 bits per heavy atom. The molecule has 5 bridgehead atoms. The molecule has 3 aromatic carbocycles. The van der Waals surface area contributed by atoms with E-state index in [9.17, 15) is 29.3 Å². The molecule has 3 aromatic rings. The van der Waals surface area contributed by atoms with Gasteiger partial charge in [-0.05, 0) is 87.6 Å². The third kappa shape index (κ3) is 10.1. The topological polar surface area (TPSA) is 169 Å². The van der Waals surface area contributed by atoms with Gasteiger partial charge in [0.1, 0.15) is 33.7 Å². The van der Waals surface area contributed by atoms with E-state index in [4.69, 9.17) is 19.3 Å². The zero-order valence-corrected chi connectivity index (χ0v) is 40.0. The van der Waals surface area contributed by atoms with Crippen LogP contribution in [0, 0.1) is 30.5 Å². The lowest BCUT2D eigenvalue weighted by molar-refractivity contribution is -0.204. The van der Waals surface area contributed by atoms with Crippen LogP contribution in [0.15, 0.2) is 70.4 Å². The summed E-state index contributed by atoms with van der Waals surface area (Å²) in [7, 11) is 0. The fourth-order valence-electron chi connectivity index (χ4n) is 10.2. The number of likely N-dealkylation sites (tertiary alicyclic amines) is 1. The molecule has 6 aliphatic rings. The number of aliphatic hydroxyl groups is 1. The Labute approximate surface area is 392 Å². The normalized spacial score (nSPS) is 28.3. The number of ether oxygens (including phenoxy) is 2. The number of carbonyl (C=O) groups excluding carboxylic acids is 2. The van der Waals surface area contributed by atoms with Crippen LogP contribution >= 0.6 is 0 Å². The highest BCUT2D eigenvalue weighted by Gasteiger charge is 2.50. The van der Waals surface area contributed by atoms with Gasteiger partial charge in [-0.3, -0.25) is 19.4 Å². The molecule has 6 heterocycles. The van der Waals surface area contributed by atoms with Gasteiger partial charge in [0.05, 0.1) is 35.1 Å². The molecule has 14 nitrogen and oxygen atoms in total. The first-order valence-electron chi connectivity index (χ1n) is 24.1. The average Bonchev–Trinajstić information content (AvgIpc) is 3.67. The van der Waals surface area contributed by atoms with Crippen molar-refractivity contribution in [3.05, 3.63) is 88.1 Å². The smallest absolute Gasteiger partial charge is 0.312 e. The second-order valence-electron chi connectivity index (χ2n) is 19.9. The lowest BCUT2D eigenvalue weighted by Gasteiger charge is -2.38. The monoisotopic (exact) mass is 923 g/mol. The van der Waals surface area contributed by atoms with E-state index in [1.165, 1.54) is 25.3 Å². The number of rotatable bonds is 5. The number of aliphatic hydroxyl groups excluding tert-OH is 1. The van der Waals surface area contributed by atoms with E-state index in [1.807, 2.05) is 30.2 Å². The van der Waals surface area contributed by atoms with Crippen molar-refractivity contribution in [2.45, 2.75) is 117 Å².